The average Bonchev–Trinajstić information content (AvgIpc) is 3.30. The maximum absolute atomic E-state index is 12.9. The first-order valence-corrected chi connectivity index (χ1v) is 10.0. The Balaban J connectivity index is 1.68. The lowest BCUT2D eigenvalue weighted by molar-refractivity contribution is 0.0948. The van der Waals surface area contributed by atoms with Gasteiger partial charge in [0.1, 0.15) is 17.8 Å². The molecule has 0 fully saturated rings. The predicted molar refractivity (Wildman–Crippen MR) is 118 cm³/mol. The highest BCUT2D eigenvalue weighted by atomic mass is 16.2. The summed E-state index contributed by atoms with van der Waals surface area (Å²) in [5.41, 5.74) is 5.21. The Kier molecular flexibility index (Phi) is 5.98. The van der Waals surface area contributed by atoms with E-state index in [0.29, 0.717) is 29.4 Å². The summed E-state index contributed by atoms with van der Waals surface area (Å²) in [6.07, 6.45) is 5.14. The molecule has 0 atom stereocenters. The van der Waals surface area contributed by atoms with Gasteiger partial charge in [0.2, 0.25) is 0 Å². The van der Waals surface area contributed by atoms with Crippen molar-refractivity contribution in [2.45, 2.75) is 26.4 Å². The number of carbonyl (C=O) groups excluding carboxylic acids is 1. The second kappa shape index (κ2) is 9.17. The van der Waals surface area contributed by atoms with Gasteiger partial charge in [0.05, 0.1) is 6.54 Å². The molecule has 1 amide bonds. The van der Waals surface area contributed by atoms with Crippen LogP contribution in [0.2, 0.25) is 0 Å². The highest BCUT2D eigenvalue weighted by Crippen LogP contribution is 2.22. The molecule has 0 saturated carbocycles. The second-order valence-corrected chi connectivity index (χ2v) is 7.29. The lowest BCUT2D eigenvalue weighted by Gasteiger charge is -2.25. The molecular formula is C23H23N7O. The van der Waals surface area contributed by atoms with Crippen LogP contribution in [0.5, 0.6) is 0 Å². The van der Waals surface area contributed by atoms with Crippen LogP contribution in [0.15, 0.2) is 79.4 Å². The largest absolute Gasteiger partial charge is 0.310 e. The van der Waals surface area contributed by atoms with Crippen molar-refractivity contribution in [2.24, 2.45) is 0 Å². The zero-order valence-corrected chi connectivity index (χ0v) is 17.4. The van der Waals surface area contributed by atoms with Gasteiger partial charge in [-0.15, -0.1) is 10.2 Å². The SMILES string of the molecule is CC(C)n1cnnc1-c1cccc(N(Cc2ccncc2)NC(=O)c2ccccc2)n1. The third-order valence-corrected chi connectivity index (χ3v) is 4.73. The normalized spacial score (nSPS) is 10.8. The summed E-state index contributed by atoms with van der Waals surface area (Å²) in [5, 5.41) is 10.00. The fourth-order valence-corrected chi connectivity index (χ4v) is 3.13. The first-order chi connectivity index (χ1) is 15.1. The molecule has 0 saturated heterocycles. The molecule has 0 aliphatic rings. The highest BCUT2D eigenvalue weighted by molar-refractivity contribution is 5.95. The number of anilines is 1. The Morgan fingerprint density at radius 1 is 1.03 bits per heavy atom. The lowest BCUT2D eigenvalue weighted by atomic mass is 10.2. The van der Waals surface area contributed by atoms with Gasteiger partial charge in [0.25, 0.3) is 5.91 Å². The van der Waals surface area contributed by atoms with Crippen LogP contribution in [0, 0.1) is 0 Å². The molecule has 1 N–H and O–H groups in total. The molecule has 4 rings (SSSR count). The van der Waals surface area contributed by atoms with Gasteiger partial charge in [-0.25, -0.2) is 4.98 Å². The number of nitrogens with one attached hydrogen (secondary N) is 1. The van der Waals surface area contributed by atoms with Crippen LogP contribution in [0.1, 0.15) is 35.8 Å². The smallest absolute Gasteiger partial charge is 0.269 e. The minimum absolute atomic E-state index is 0.196. The van der Waals surface area contributed by atoms with Crippen molar-refractivity contribution in [3.05, 3.63) is 90.5 Å². The number of hydrogen-bond acceptors (Lipinski definition) is 6. The fourth-order valence-electron chi connectivity index (χ4n) is 3.13. The molecule has 156 valence electrons. The minimum atomic E-state index is -0.216. The zero-order chi connectivity index (χ0) is 21.6. The average molecular weight is 413 g/mol. The summed E-state index contributed by atoms with van der Waals surface area (Å²) < 4.78 is 1.96. The van der Waals surface area contributed by atoms with Crippen LogP contribution in [0.3, 0.4) is 0 Å². The lowest BCUT2D eigenvalue weighted by Crippen LogP contribution is -2.42. The van der Waals surface area contributed by atoms with Gasteiger partial charge < -0.3 is 4.57 Å². The van der Waals surface area contributed by atoms with Gasteiger partial charge in [-0.2, -0.15) is 0 Å². The Hall–Kier alpha value is -4.07. The topological polar surface area (TPSA) is 88.8 Å². The number of hydrogen-bond donors (Lipinski definition) is 1. The number of nitrogens with zero attached hydrogens (tertiary/aromatic N) is 6. The van der Waals surface area contributed by atoms with Crippen LogP contribution in [0.25, 0.3) is 11.5 Å². The van der Waals surface area contributed by atoms with Crippen LogP contribution in [0.4, 0.5) is 5.82 Å². The van der Waals surface area contributed by atoms with Crippen molar-refractivity contribution in [1.29, 1.82) is 0 Å². The van der Waals surface area contributed by atoms with Gasteiger partial charge in [-0.1, -0.05) is 24.3 Å². The summed E-state index contributed by atoms with van der Waals surface area (Å²) >= 11 is 0. The van der Waals surface area contributed by atoms with E-state index in [1.807, 2.05) is 53.1 Å². The first kappa shape index (κ1) is 20.2. The number of carbonyl (C=O) groups is 1. The fraction of sp³-hybridized carbons (Fsp3) is 0.174. The van der Waals surface area contributed by atoms with E-state index < -0.39 is 0 Å². The molecule has 0 unspecified atom stereocenters. The summed E-state index contributed by atoms with van der Waals surface area (Å²) in [5.74, 6) is 1.05. The number of benzene rings is 1. The molecule has 8 nitrogen and oxygen atoms in total. The van der Waals surface area contributed by atoms with E-state index >= 15 is 0 Å². The van der Waals surface area contributed by atoms with Crippen LogP contribution in [-0.4, -0.2) is 30.6 Å². The number of rotatable bonds is 7. The Morgan fingerprint density at radius 3 is 2.55 bits per heavy atom. The molecule has 0 bridgehead atoms. The van der Waals surface area contributed by atoms with E-state index in [0.717, 1.165) is 5.56 Å². The summed E-state index contributed by atoms with van der Waals surface area (Å²) in [6.45, 7) is 4.55. The Bertz CT molecular complexity index is 1140. The van der Waals surface area contributed by atoms with Gasteiger partial charge in [-0.05, 0) is 55.8 Å². The van der Waals surface area contributed by atoms with Gasteiger partial charge in [0, 0.05) is 24.0 Å². The van der Waals surface area contributed by atoms with Crippen molar-refractivity contribution >= 4 is 11.7 Å². The summed E-state index contributed by atoms with van der Waals surface area (Å²) in [4.78, 5) is 21.7. The van der Waals surface area contributed by atoms with E-state index in [2.05, 4.69) is 34.5 Å². The second-order valence-electron chi connectivity index (χ2n) is 7.29. The van der Waals surface area contributed by atoms with E-state index in [-0.39, 0.29) is 11.9 Å². The molecular weight excluding hydrogens is 390 g/mol. The summed E-state index contributed by atoms with van der Waals surface area (Å²) in [6, 6.07) is 18.7. The van der Waals surface area contributed by atoms with Crippen molar-refractivity contribution in [3.63, 3.8) is 0 Å². The molecule has 4 aromatic rings. The maximum atomic E-state index is 12.9. The van der Waals surface area contributed by atoms with E-state index in [1.165, 1.54) is 0 Å². The molecule has 0 spiro atoms. The first-order valence-electron chi connectivity index (χ1n) is 10.0. The Labute approximate surface area is 180 Å². The summed E-state index contributed by atoms with van der Waals surface area (Å²) in [7, 11) is 0. The maximum Gasteiger partial charge on any atom is 0.269 e. The Morgan fingerprint density at radius 2 is 1.81 bits per heavy atom. The minimum Gasteiger partial charge on any atom is -0.310 e. The molecule has 0 aliphatic carbocycles. The number of amides is 1. The van der Waals surface area contributed by atoms with E-state index in [1.54, 1.807) is 35.9 Å². The predicted octanol–water partition coefficient (Wildman–Crippen LogP) is 3.67. The quantitative estimate of drug-likeness (QED) is 0.465. The van der Waals surface area contributed by atoms with Gasteiger partial charge in [-0.3, -0.25) is 20.2 Å². The van der Waals surface area contributed by atoms with Crippen LogP contribution >= 0.6 is 0 Å². The molecule has 0 radical (unpaired) electrons. The van der Waals surface area contributed by atoms with Crippen molar-refractivity contribution in [3.8, 4) is 11.5 Å². The molecule has 31 heavy (non-hydrogen) atoms. The monoisotopic (exact) mass is 413 g/mol. The van der Waals surface area contributed by atoms with Crippen molar-refractivity contribution < 1.29 is 4.79 Å². The van der Waals surface area contributed by atoms with E-state index in [4.69, 9.17) is 4.98 Å². The highest BCUT2D eigenvalue weighted by Gasteiger charge is 2.17. The third-order valence-electron chi connectivity index (χ3n) is 4.73. The van der Waals surface area contributed by atoms with Gasteiger partial charge >= 0.3 is 0 Å². The molecule has 0 aliphatic heterocycles. The van der Waals surface area contributed by atoms with Crippen LogP contribution < -0.4 is 10.4 Å². The third kappa shape index (κ3) is 4.75. The number of hydrazine groups is 1. The van der Waals surface area contributed by atoms with E-state index in [9.17, 15) is 4.79 Å². The molecule has 1 aromatic carbocycles. The molecule has 3 aromatic heterocycles. The number of pyridine rings is 2. The standard InChI is InChI=1S/C23H23N7O/c1-17(2)29-16-25-27-22(29)20-9-6-10-21(26-20)30(15-18-11-13-24-14-12-18)28-23(31)19-7-4-3-5-8-19/h3-14,16-17H,15H2,1-2H3,(H,28,31). The number of aromatic nitrogens is 5. The van der Waals surface area contributed by atoms with Crippen molar-refractivity contribution in [1.82, 2.24) is 30.2 Å². The van der Waals surface area contributed by atoms with Gasteiger partial charge in [0.15, 0.2) is 5.82 Å². The van der Waals surface area contributed by atoms with Crippen LogP contribution in [-0.2, 0) is 6.54 Å². The zero-order valence-electron chi connectivity index (χ0n) is 17.4. The molecule has 3 heterocycles. The molecule has 8 heteroatoms. The van der Waals surface area contributed by atoms with Crippen molar-refractivity contribution in [2.75, 3.05) is 5.01 Å².